The smallest absolute Gasteiger partial charge is 0.271 e. The first-order valence-electron chi connectivity index (χ1n) is 8.69. The molecule has 0 unspecified atom stereocenters. The van der Waals surface area contributed by atoms with Crippen LogP contribution in [0.25, 0.3) is 0 Å². The van der Waals surface area contributed by atoms with E-state index in [1.54, 1.807) is 6.20 Å². The van der Waals surface area contributed by atoms with Crippen LogP contribution in [-0.4, -0.2) is 46.5 Å². The van der Waals surface area contributed by atoms with Crippen LogP contribution in [0.4, 0.5) is 0 Å². The highest BCUT2D eigenvalue weighted by Gasteiger charge is 2.43. The molecule has 25 heavy (non-hydrogen) atoms. The van der Waals surface area contributed by atoms with Crippen LogP contribution >= 0.6 is 0 Å². The molecule has 2 aliphatic rings. The molecule has 1 aromatic carbocycles. The second kappa shape index (κ2) is 6.44. The molecule has 1 amide bonds. The number of carbonyl (C=O) groups excluding carboxylic acids is 1. The summed E-state index contributed by atoms with van der Waals surface area (Å²) >= 11 is 0. The molecular formula is C19H22N4O2. The van der Waals surface area contributed by atoms with Crippen LogP contribution in [0.1, 0.15) is 41.4 Å². The van der Waals surface area contributed by atoms with Crippen molar-refractivity contribution in [2.24, 2.45) is 0 Å². The Morgan fingerprint density at radius 1 is 1.28 bits per heavy atom. The minimum atomic E-state index is -0.207. The molecule has 1 aromatic heterocycles. The van der Waals surface area contributed by atoms with Crippen molar-refractivity contribution in [1.29, 1.82) is 0 Å². The maximum absolute atomic E-state index is 12.6. The molecule has 6 nitrogen and oxygen atoms in total. The topological polar surface area (TPSA) is 67.4 Å². The van der Waals surface area contributed by atoms with Crippen molar-refractivity contribution >= 4 is 5.91 Å². The van der Waals surface area contributed by atoms with Crippen LogP contribution < -0.4 is 10.1 Å². The number of nitrogens with zero attached hydrogens (tertiary/aromatic N) is 3. The number of likely N-dealkylation sites (tertiary alicyclic amines) is 1. The Labute approximate surface area is 147 Å². The minimum absolute atomic E-state index is 0.0807. The Kier molecular flexibility index (Phi) is 4.13. The van der Waals surface area contributed by atoms with Gasteiger partial charge in [-0.2, -0.15) is 0 Å². The molecule has 1 atom stereocenters. The largest absolute Gasteiger partial charge is 0.487 e. The summed E-state index contributed by atoms with van der Waals surface area (Å²) in [6.45, 7) is 2.01. The fourth-order valence-corrected chi connectivity index (χ4v) is 3.73. The second-order valence-electron chi connectivity index (χ2n) is 6.95. The zero-order valence-electron chi connectivity index (χ0n) is 14.3. The average molecular weight is 338 g/mol. The molecule has 2 aliphatic heterocycles. The van der Waals surface area contributed by atoms with Crippen LogP contribution in [0.15, 0.2) is 42.9 Å². The number of piperidine rings is 1. The third-order valence-corrected chi connectivity index (χ3v) is 5.20. The summed E-state index contributed by atoms with van der Waals surface area (Å²) in [4.78, 5) is 23.0. The van der Waals surface area contributed by atoms with Gasteiger partial charge in [-0.05, 0) is 26.0 Å². The summed E-state index contributed by atoms with van der Waals surface area (Å²) in [5, 5.41) is 3.14. The van der Waals surface area contributed by atoms with Crippen molar-refractivity contribution in [1.82, 2.24) is 20.2 Å². The normalized spacial score (nSPS) is 22.0. The Hall–Kier alpha value is -2.47. The maximum atomic E-state index is 12.6. The molecule has 1 fully saturated rings. The van der Waals surface area contributed by atoms with Gasteiger partial charge < -0.3 is 15.0 Å². The molecule has 0 saturated carbocycles. The number of amides is 1. The lowest BCUT2D eigenvalue weighted by atomic mass is 9.80. The van der Waals surface area contributed by atoms with E-state index in [1.165, 1.54) is 12.4 Å². The minimum Gasteiger partial charge on any atom is -0.487 e. The average Bonchev–Trinajstić information content (AvgIpc) is 2.65. The lowest BCUT2D eigenvalue weighted by Crippen LogP contribution is -2.51. The maximum Gasteiger partial charge on any atom is 0.271 e. The zero-order chi connectivity index (χ0) is 17.3. The number of aromatic nitrogens is 2. The van der Waals surface area contributed by atoms with E-state index in [4.69, 9.17) is 4.74 Å². The molecule has 4 rings (SSSR count). The van der Waals surface area contributed by atoms with Crippen molar-refractivity contribution in [2.45, 2.75) is 30.9 Å². The van der Waals surface area contributed by atoms with Gasteiger partial charge in [-0.25, -0.2) is 4.98 Å². The van der Waals surface area contributed by atoms with Gasteiger partial charge in [0, 0.05) is 37.5 Å². The highest BCUT2D eigenvalue weighted by molar-refractivity contribution is 5.92. The van der Waals surface area contributed by atoms with Crippen LogP contribution in [-0.2, 0) is 0 Å². The van der Waals surface area contributed by atoms with E-state index in [1.807, 2.05) is 24.3 Å². The Morgan fingerprint density at radius 3 is 2.84 bits per heavy atom. The van der Waals surface area contributed by atoms with Crippen molar-refractivity contribution in [2.75, 3.05) is 20.1 Å². The summed E-state index contributed by atoms with van der Waals surface area (Å²) in [5.41, 5.74) is 1.16. The van der Waals surface area contributed by atoms with Gasteiger partial charge >= 0.3 is 0 Å². The van der Waals surface area contributed by atoms with E-state index in [0.29, 0.717) is 5.69 Å². The number of fused-ring (bicyclic) bond motifs is 1. The van der Waals surface area contributed by atoms with Crippen LogP contribution in [0.5, 0.6) is 5.75 Å². The SMILES string of the molecule is CN1CCC2(CC1)C[C@H](NC(=O)c1cnccn1)c1ccccc1O2. The molecule has 1 N–H and O–H groups in total. The molecule has 0 aliphatic carbocycles. The van der Waals surface area contributed by atoms with Crippen molar-refractivity contribution in [3.05, 3.63) is 54.1 Å². The third kappa shape index (κ3) is 3.22. The van der Waals surface area contributed by atoms with Crippen molar-refractivity contribution in [3.63, 3.8) is 0 Å². The first kappa shape index (κ1) is 16.0. The number of para-hydroxylation sites is 1. The number of ether oxygens (including phenoxy) is 1. The lowest BCUT2D eigenvalue weighted by molar-refractivity contribution is -0.0196. The van der Waals surface area contributed by atoms with Crippen molar-refractivity contribution < 1.29 is 9.53 Å². The van der Waals surface area contributed by atoms with Gasteiger partial charge in [-0.1, -0.05) is 18.2 Å². The fraction of sp³-hybridized carbons (Fsp3) is 0.421. The summed E-state index contributed by atoms with van der Waals surface area (Å²) in [7, 11) is 2.14. The van der Waals surface area contributed by atoms with Gasteiger partial charge in [0.05, 0.1) is 12.2 Å². The monoisotopic (exact) mass is 338 g/mol. The van der Waals surface area contributed by atoms with Gasteiger partial charge in [0.2, 0.25) is 0 Å². The molecule has 1 saturated heterocycles. The third-order valence-electron chi connectivity index (χ3n) is 5.20. The van der Waals surface area contributed by atoms with Gasteiger partial charge in [0.1, 0.15) is 17.0 Å². The van der Waals surface area contributed by atoms with Crippen LogP contribution in [0.3, 0.4) is 0 Å². The number of rotatable bonds is 2. The van der Waals surface area contributed by atoms with Gasteiger partial charge in [0.15, 0.2) is 0 Å². The van der Waals surface area contributed by atoms with E-state index in [2.05, 4.69) is 27.2 Å². The summed E-state index contributed by atoms with van der Waals surface area (Å²) in [6.07, 6.45) is 7.31. The first-order chi connectivity index (χ1) is 12.2. The lowest BCUT2D eigenvalue weighted by Gasteiger charge is -2.46. The van der Waals surface area contributed by atoms with E-state index in [-0.39, 0.29) is 17.6 Å². The fourth-order valence-electron chi connectivity index (χ4n) is 3.73. The van der Waals surface area contributed by atoms with Gasteiger partial charge in [0.25, 0.3) is 5.91 Å². The van der Waals surface area contributed by atoms with Crippen LogP contribution in [0, 0.1) is 0 Å². The molecule has 3 heterocycles. The number of hydrogen-bond acceptors (Lipinski definition) is 5. The molecular weight excluding hydrogens is 316 g/mol. The van der Waals surface area contributed by atoms with Gasteiger partial charge in [-0.15, -0.1) is 0 Å². The Bertz CT molecular complexity index is 757. The molecule has 0 bridgehead atoms. The number of carbonyl (C=O) groups is 1. The quantitative estimate of drug-likeness (QED) is 0.909. The summed E-state index contributed by atoms with van der Waals surface area (Å²) in [5.74, 6) is 0.681. The number of benzene rings is 1. The number of nitrogens with one attached hydrogen (secondary N) is 1. The number of hydrogen-bond donors (Lipinski definition) is 1. The summed E-state index contributed by atoms with van der Waals surface area (Å²) in [6, 6.07) is 7.90. The standard InChI is InChI=1S/C19H22N4O2/c1-23-10-6-19(7-11-23)12-15(14-4-2-3-5-17(14)25-19)22-18(24)16-13-20-8-9-21-16/h2-5,8-9,13,15H,6-7,10-12H2,1H3,(H,22,24)/t15-/m0/s1. The van der Waals surface area contributed by atoms with Gasteiger partial charge in [-0.3, -0.25) is 9.78 Å². The molecule has 6 heteroatoms. The molecule has 0 radical (unpaired) electrons. The predicted molar refractivity (Wildman–Crippen MR) is 93.4 cm³/mol. The first-order valence-corrected chi connectivity index (χ1v) is 8.69. The van der Waals surface area contributed by atoms with E-state index in [0.717, 1.165) is 43.7 Å². The second-order valence-corrected chi connectivity index (χ2v) is 6.95. The Morgan fingerprint density at radius 2 is 2.08 bits per heavy atom. The zero-order valence-corrected chi connectivity index (χ0v) is 14.3. The summed E-state index contributed by atoms with van der Waals surface area (Å²) < 4.78 is 6.42. The van der Waals surface area contributed by atoms with E-state index in [9.17, 15) is 4.79 Å². The molecule has 2 aromatic rings. The molecule has 1 spiro atoms. The van der Waals surface area contributed by atoms with Crippen LogP contribution in [0.2, 0.25) is 0 Å². The predicted octanol–water partition coefficient (Wildman–Crippen LogP) is 2.19. The Balaban J connectivity index is 1.60. The molecule has 130 valence electrons. The van der Waals surface area contributed by atoms with Crippen molar-refractivity contribution in [3.8, 4) is 5.75 Å². The highest BCUT2D eigenvalue weighted by atomic mass is 16.5. The van der Waals surface area contributed by atoms with E-state index < -0.39 is 0 Å². The highest BCUT2D eigenvalue weighted by Crippen LogP contribution is 2.44. The van der Waals surface area contributed by atoms with E-state index >= 15 is 0 Å².